The van der Waals surface area contributed by atoms with Crippen molar-refractivity contribution in [1.29, 1.82) is 0 Å². The molecule has 3 heteroatoms. The van der Waals surface area contributed by atoms with E-state index in [4.69, 9.17) is 9.47 Å². The predicted octanol–water partition coefficient (Wildman–Crippen LogP) is 3.50. The van der Waals surface area contributed by atoms with E-state index < -0.39 is 0 Å². The van der Waals surface area contributed by atoms with Crippen LogP contribution in [-0.2, 0) is 0 Å². The van der Waals surface area contributed by atoms with Crippen LogP contribution in [0.2, 0.25) is 0 Å². The van der Waals surface area contributed by atoms with Crippen LogP contribution in [-0.4, -0.2) is 19.5 Å². The Morgan fingerprint density at radius 2 is 2.07 bits per heavy atom. The lowest BCUT2D eigenvalue weighted by Gasteiger charge is -2.07. The predicted molar refractivity (Wildman–Crippen MR) is 67.0 cm³/mol. The van der Waals surface area contributed by atoms with Gasteiger partial charge in [0.05, 0.1) is 14.2 Å². The summed E-state index contributed by atoms with van der Waals surface area (Å²) >= 11 is 3.38. The third-order valence-corrected chi connectivity index (χ3v) is 2.47. The van der Waals surface area contributed by atoms with Crippen LogP contribution in [0.5, 0.6) is 11.5 Å². The van der Waals surface area contributed by atoms with Crippen molar-refractivity contribution in [2.45, 2.75) is 6.42 Å². The van der Waals surface area contributed by atoms with Gasteiger partial charge >= 0.3 is 0 Å². The van der Waals surface area contributed by atoms with Gasteiger partial charge in [0.15, 0.2) is 0 Å². The molecule has 0 aromatic heterocycles. The standard InChI is InChI=1S/C12H15BrO2/c1-14-11-7-6-10(5-3-4-8-13)12(9-11)15-2/h3,5-7,9H,4,8H2,1-2H3. The Morgan fingerprint density at radius 1 is 1.27 bits per heavy atom. The SMILES string of the molecule is COc1ccc(C=CCCBr)c(OC)c1. The van der Waals surface area contributed by atoms with E-state index in [-0.39, 0.29) is 0 Å². The van der Waals surface area contributed by atoms with E-state index in [2.05, 4.69) is 28.1 Å². The van der Waals surface area contributed by atoms with Gasteiger partial charge in [0.1, 0.15) is 11.5 Å². The van der Waals surface area contributed by atoms with Gasteiger partial charge in [-0.3, -0.25) is 0 Å². The molecule has 1 rings (SSSR count). The van der Waals surface area contributed by atoms with Crippen molar-refractivity contribution in [2.24, 2.45) is 0 Å². The molecule has 1 aromatic carbocycles. The number of alkyl halides is 1. The summed E-state index contributed by atoms with van der Waals surface area (Å²) in [6, 6.07) is 5.80. The van der Waals surface area contributed by atoms with Gasteiger partial charge in [-0.05, 0) is 18.6 Å². The van der Waals surface area contributed by atoms with Gasteiger partial charge in [0.25, 0.3) is 0 Å². The topological polar surface area (TPSA) is 18.5 Å². The minimum Gasteiger partial charge on any atom is -0.497 e. The third kappa shape index (κ3) is 3.59. The molecule has 0 aliphatic rings. The van der Waals surface area contributed by atoms with Crippen LogP contribution < -0.4 is 9.47 Å². The zero-order chi connectivity index (χ0) is 11.1. The zero-order valence-corrected chi connectivity index (χ0v) is 10.6. The third-order valence-electron chi connectivity index (χ3n) is 2.01. The Bertz CT molecular complexity index is 334. The first-order valence-electron chi connectivity index (χ1n) is 4.76. The van der Waals surface area contributed by atoms with E-state index in [0.29, 0.717) is 0 Å². The Morgan fingerprint density at radius 3 is 2.67 bits per heavy atom. The number of methoxy groups -OCH3 is 2. The minimum absolute atomic E-state index is 0.810. The van der Waals surface area contributed by atoms with Crippen LogP contribution in [0.4, 0.5) is 0 Å². The van der Waals surface area contributed by atoms with Crippen LogP contribution in [0.3, 0.4) is 0 Å². The van der Waals surface area contributed by atoms with E-state index >= 15 is 0 Å². The van der Waals surface area contributed by atoms with Gasteiger partial charge in [0, 0.05) is 17.0 Å². The molecule has 0 heterocycles. The molecule has 0 N–H and O–H groups in total. The van der Waals surface area contributed by atoms with Crippen LogP contribution in [0, 0.1) is 0 Å². The Hall–Kier alpha value is -0.960. The summed E-state index contributed by atoms with van der Waals surface area (Å²) in [5.74, 6) is 1.64. The molecular formula is C12H15BrO2. The summed E-state index contributed by atoms with van der Waals surface area (Å²) in [5.41, 5.74) is 1.07. The highest BCUT2D eigenvalue weighted by molar-refractivity contribution is 9.09. The Labute approximate surface area is 99.0 Å². The van der Waals surface area contributed by atoms with Crippen molar-refractivity contribution >= 4 is 22.0 Å². The largest absolute Gasteiger partial charge is 0.497 e. The fourth-order valence-electron chi connectivity index (χ4n) is 1.23. The second kappa shape index (κ2) is 6.51. The van der Waals surface area contributed by atoms with Crippen molar-refractivity contribution < 1.29 is 9.47 Å². The molecule has 0 radical (unpaired) electrons. The molecule has 0 saturated heterocycles. The van der Waals surface area contributed by atoms with E-state index in [9.17, 15) is 0 Å². The van der Waals surface area contributed by atoms with Crippen molar-refractivity contribution in [3.8, 4) is 11.5 Å². The fraction of sp³-hybridized carbons (Fsp3) is 0.333. The molecule has 0 aliphatic carbocycles. The van der Waals surface area contributed by atoms with Gasteiger partial charge in [-0.25, -0.2) is 0 Å². The van der Waals surface area contributed by atoms with Crippen LogP contribution in [0.1, 0.15) is 12.0 Å². The zero-order valence-electron chi connectivity index (χ0n) is 9.00. The summed E-state index contributed by atoms with van der Waals surface area (Å²) in [7, 11) is 3.31. The monoisotopic (exact) mass is 270 g/mol. The molecule has 1 aromatic rings. The van der Waals surface area contributed by atoms with Crippen molar-refractivity contribution in [3.05, 3.63) is 29.8 Å². The summed E-state index contributed by atoms with van der Waals surface area (Å²) in [5, 5.41) is 0.974. The maximum atomic E-state index is 5.28. The smallest absolute Gasteiger partial charge is 0.129 e. The summed E-state index contributed by atoms with van der Waals surface area (Å²) in [4.78, 5) is 0. The number of hydrogen-bond donors (Lipinski definition) is 0. The Kier molecular flexibility index (Phi) is 5.26. The lowest BCUT2D eigenvalue weighted by molar-refractivity contribution is 0.394. The lowest BCUT2D eigenvalue weighted by Crippen LogP contribution is -1.89. The lowest BCUT2D eigenvalue weighted by atomic mass is 10.1. The van der Waals surface area contributed by atoms with Gasteiger partial charge in [-0.1, -0.05) is 28.1 Å². The Balaban J connectivity index is 2.87. The molecule has 0 fully saturated rings. The molecule has 15 heavy (non-hydrogen) atoms. The second-order valence-corrected chi connectivity index (χ2v) is 3.78. The highest BCUT2D eigenvalue weighted by atomic mass is 79.9. The van der Waals surface area contributed by atoms with Crippen molar-refractivity contribution in [3.63, 3.8) is 0 Å². The van der Waals surface area contributed by atoms with Gasteiger partial charge in [0.2, 0.25) is 0 Å². The summed E-state index contributed by atoms with van der Waals surface area (Å²) < 4.78 is 10.4. The average molecular weight is 271 g/mol. The number of ether oxygens (including phenoxy) is 2. The average Bonchev–Trinajstić information content (AvgIpc) is 2.29. The molecule has 82 valence electrons. The highest BCUT2D eigenvalue weighted by Crippen LogP contribution is 2.25. The molecule has 2 nitrogen and oxygen atoms in total. The van der Waals surface area contributed by atoms with E-state index in [1.165, 1.54) is 0 Å². The maximum absolute atomic E-state index is 5.28. The minimum atomic E-state index is 0.810. The quantitative estimate of drug-likeness (QED) is 0.763. The molecule has 0 bridgehead atoms. The fourth-order valence-corrected chi connectivity index (χ4v) is 1.49. The number of benzene rings is 1. The van der Waals surface area contributed by atoms with Gasteiger partial charge in [-0.2, -0.15) is 0 Å². The molecule has 0 spiro atoms. The van der Waals surface area contributed by atoms with E-state index in [1.807, 2.05) is 18.2 Å². The van der Waals surface area contributed by atoms with Crippen molar-refractivity contribution in [2.75, 3.05) is 19.5 Å². The number of hydrogen-bond acceptors (Lipinski definition) is 2. The second-order valence-electron chi connectivity index (χ2n) is 2.99. The highest BCUT2D eigenvalue weighted by Gasteiger charge is 2.01. The van der Waals surface area contributed by atoms with Crippen molar-refractivity contribution in [1.82, 2.24) is 0 Å². The number of allylic oxidation sites excluding steroid dienone is 1. The van der Waals surface area contributed by atoms with Gasteiger partial charge < -0.3 is 9.47 Å². The first kappa shape index (κ1) is 12.1. The number of halogens is 1. The van der Waals surface area contributed by atoms with Crippen LogP contribution >= 0.6 is 15.9 Å². The first-order valence-corrected chi connectivity index (χ1v) is 5.88. The summed E-state index contributed by atoms with van der Waals surface area (Å²) in [6.07, 6.45) is 5.17. The maximum Gasteiger partial charge on any atom is 0.129 e. The van der Waals surface area contributed by atoms with Gasteiger partial charge in [-0.15, -0.1) is 0 Å². The molecule has 0 atom stereocenters. The normalized spacial score (nSPS) is 10.6. The van der Waals surface area contributed by atoms with E-state index in [0.717, 1.165) is 28.8 Å². The molecule has 0 saturated carbocycles. The molecule has 0 amide bonds. The van der Waals surface area contributed by atoms with E-state index in [1.54, 1.807) is 14.2 Å². The van der Waals surface area contributed by atoms with Crippen LogP contribution in [0.25, 0.3) is 6.08 Å². The van der Waals surface area contributed by atoms with Crippen LogP contribution in [0.15, 0.2) is 24.3 Å². The number of rotatable bonds is 5. The molecule has 0 aliphatic heterocycles. The first-order chi connectivity index (χ1) is 7.31. The molecule has 0 unspecified atom stereocenters. The summed E-state index contributed by atoms with van der Waals surface area (Å²) in [6.45, 7) is 0. The molecular weight excluding hydrogens is 256 g/mol.